The van der Waals surface area contributed by atoms with Crippen molar-refractivity contribution < 1.29 is 14.3 Å². The summed E-state index contributed by atoms with van der Waals surface area (Å²) in [7, 11) is 0. The lowest BCUT2D eigenvalue weighted by atomic mass is 10.2. The Hall–Kier alpha value is -2.35. The van der Waals surface area contributed by atoms with Crippen molar-refractivity contribution in [3.05, 3.63) is 68.9 Å². The fourth-order valence-corrected chi connectivity index (χ4v) is 2.79. The number of benzene rings is 2. The van der Waals surface area contributed by atoms with Gasteiger partial charge in [-0.05, 0) is 71.0 Å². The Labute approximate surface area is 159 Å². The predicted molar refractivity (Wildman–Crippen MR) is 104 cm³/mol. The van der Waals surface area contributed by atoms with Crippen LogP contribution in [0.4, 0.5) is 4.79 Å². The second-order valence-electron chi connectivity index (χ2n) is 5.52. The first-order chi connectivity index (χ1) is 12.1. The van der Waals surface area contributed by atoms with Crippen molar-refractivity contribution in [1.82, 2.24) is 10.2 Å². The van der Waals surface area contributed by atoms with E-state index in [1.54, 1.807) is 13.0 Å². The van der Waals surface area contributed by atoms with Crippen LogP contribution in [0.1, 0.15) is 18.1 Å². The average Bonchev–Trinajstić information content (AvgIpc) is 2.88. The Kier molecular flexibility index (Phi) is 5.37. The summed E-state index contributed by atoms with van der Waals surface area (Å²) >= 11 is 2.27. The van der Waals surface area contributed by atoms with Crippen molar-refractivity contribution in [1.29, 1.82) is 0 Å². The van der Waals surface area contributed by atoms with E-state index in [9.17, 15) is 9.59 Å². The van der Waals surface area contributed by atoms with E-state index in [4.69, 9.17) is 4.74 Å². The maximum atomic E-state index is 12.1. The zero-order chi connectivity index (χ0) is 17.8. The molecule has 25 heavy (non-hydrogen) atoms. The van der Waals surface area contributed by atoms with Gasteiger partial charge in [-0.15, -0.1) is 0 Å². The molecule has 1 heterocycles. The highest BCUT2D eigenvalue weighted by molar-refractivity contribution is 14.1. The van der Waals surface area contributed by atoms with Gasteiger partial charge in [0.2, 0.25) is 0 Å². The first-order valence-corrected chi connectivity index (χ1v) is 8.96. The first kappa shape index (κ1) is 17.5. The number of carbonyl (C=O) groups excluding carboxylic acids is 2. The van der Waals surface area contributed by atoms with Crippen molar-refractivity contribution in [2.45, 2.75) is 13.5 Å². The summed E-state index contributed by atoms with van der Waals surface area (Å²) in [5.74, 6) is 0.448. The van der Waals surface area contributed by atoms with Gasteiger partial charge in [0.25, 0.3) is 5.91 Å². The largest absolute Gasteiger partial charge is 0.489 e. The quantitative estimate of drug-likeness (QED) is 0.431. The van der Waals surface area contributed by atoms with Crippen LogP contribution in [0.3, 0.4) is 0 Å². The SMILES string of the molecule is CCN1C(=O)N/C(=C/c2ccc(OCc3ccc(I)cc3)cc2)C1=O. The van der Waals surface area contributed by atoms with Crippen LogP contribution in [-0.4, -0.2) is 23.4 Å². The molecular weight excluding hydrogens is 431 g/mol. The van der Waals surface area contributed by atoms with E-state index in [1.165, 1.54) is 8.47 Å². The number of nitrogens with zero attached hydrogens (tertiary/aromatic N) is 1. The van der Waals surface area contributed by atoms with Gasteiger partial charge >= 0.3 is 6.03 Å². The minimum Gasteiger partial charge on any atom is -0.489 e. The lowest BCUT2D eigenvalue weighted by Gasteiger charge is -2.07. The topological polar surface area (TPSA) is 58.6 Å². The van der Waals surface area contributed by atoms with Gasteiger partial charge in [0.1, 0.15) is 18.1 Å². The molecular formula is C19H17IN2O3. The monoisotopic (exact) mass is 448 g/mol. The highest BCUT2D eigenvalue weighted by Gasteiger charge is 2.31. The summed E-state index contributed by atoms with van der Waals surface area (Å²) < 4.78 is 6.95. The number of hydrogen-bond acceptors (Lipinski definition) is 3. The summed E-state index contributed by atoms with van der Waals surface area (Å²) in [5.41, 5.74) is 2.22. The number of likely N-dealkylation sites (N-methyl/N-ethyl adjacent to an activating group) is 1. The molecule has 1 N–H and O–H groups in total. The van der Waals surface area contributed by atoms with E-state index in [2.05, 4.69) is 27.9 Å². The van der Waals surface area contributed by atoms with Crippen molar-refractivity contribution in [2.24, 2.45) is 0 Å². The highest BCUT2D eigenvalue weighted by Crippen LogP contribution is 2.18. The van der Waals surface area contributed by atoms with Gasteiger partial charge in [0.15, 0.2) is 0 Å². The lowest BCUT2D eigenvalue weighted by Crippen LogP contribution is -2.30. The van der Waals surface area contributed by atoms with Crippen molar-refractivity contribution >= 4 is 40.6 Å². The zero-order valence-corrected chi connectivity index (χ0v) is 15.8. The zero-order valence-electron chi connectivity index (χ0n) is 13.7. The molecule has 0 radical (unpaired) electrons. The van der Waals surface area contributed by atoms with Crippen LogP contribution >= 0.6 is 22.6 Å². The molecule has 1 aliphatic heterocycles. The van der Waals surface area contributed by atoms with E-state index in [0.29, 0.717) is 18.8 Å². The smallest absolute Gasteiger partial charge is 0.328 e. The van der Waals surface area contributed by atoms with Gasteiger partial charge in [-0.2, -0.15) is 0 Å². The molecule has 2 aromatic carbocycles. The average molecular weight is 448 g/mol. The van der Waals surface area contributed by atoms with Crippen LogP contribution in [0.15, 0.2) is 54.2 Å². The number of nitrogens with one attached hydrogen (secondary N) is 1. The molecule has 2 aromatic rings. The maximum absolute atomic E-state index is 12.1. The molecule has 0 aliphatic carbocycles. The van der Waals surface area contributed by atoms with Crippen LogP contribution in [0.2, 0.25) is 0 Å². The predicted octanol–water partition coefficient (Wildman–Crippen LogP) is 3.78. The molecule has 0 unspecified atom stereocenters. The van der Waals surface area contributed by atoms with Gasteiger partial charge in [-0.3, -0.25) is 9.69 Å². The van der Waals surface area contributed by atoms with E-state index in [-0.39, 0.29) is 11.9 Å². The molecule has 0 bridgehead atoms. The standard InChI is InChI=1S/C19H17IN2O3/c1-2-22-18(23)17(21-19(22)24)11-13-5-9-16(10-6-13)25-12-14-3-7-15(20)8-4-14/h3-11H,2,12H2,1H3,(H,21,24)/b17-11+. The fourth-order valence-electron chi connectivity index (χ4n) is 2.43. The fraction of sp³-hybridized carbons (Fsp3) is 0.158. The molecule has 0 atom stereocenters. The Morgan fingerprint density at radius 3 is 2.36 bits per heavy atom. The first-order valence-electron chi connectivity index (χ1n) is 7.88. The normalized spacial score (nSPS) is 15.6. The number of rotatable bonds is 5. The molecule has 1 fully saturated rings. The van der Waals surface area contributed by atoms with Gasteiger partial charge in [-0.1, -0.05) is 24.3 Å². The van der Waals surface area contributed by atoms with Crippen molar-refractivity contribution in [3.8, 4) is 5.75 Å². The summed E-state index contributed by atoms with van der Waals surface area (Å²) in [6, 6.07) is 15.2. The Balaban J connectivity index is 1.64. The molecule has 128 valence electrons. The number of urea groups is 1. The van der Waals surface area contributed by atoms with E-state index in [0.717, 1.165) is 16.9 Å². The second-order valence-corrected chi connectivity index (χ2v) is 6.77. The van der Waals surface area contributed by atoms with E-state index in [1.807, 2.05) is 48.5 Å². The summed E-state index contributed by atoms with van der Waals surface area (Å²) in [6.45, 7) is 2.62. The molecule has 5 nitrogen and oxygen atoms in total. The molecule has 0 aromatic heterocycles. The lowest BCUT2D eigenvalue weighted by molar-refractivity contribution is -0.122. The molecule has 3 amide bonds. The van der Waals surface area contributed by atoms with Crippen LogP contribution < -0.4 is 10.1 Å². The third-order valence-corrected chi connectivity index (χ3v) is 4.51. The van der Waals surface area contributed by atoms with E-state index >= 15 is 0 Å². The molecule has 1 saturated heterocycles. The minimum absolute atomic E-state index is 0.291. The minimum atomic E-state index is -0.378. The highest BCUT2D eigenvalue weighted by atomic mass is 127. The molecule has 0 saturated carbocycles. The number of imide groups is 1. The number of halogens is 1. The van der Waals surface area contributed by atoms with Crippen LogP contribution in [0.5, 0.6) is 5.75 Å². The third-order valence-electron chi connectivity index (χ3n) is 3.79. The maximum Gasteiger partial charge on any atom is 0.328 e. The summed E-state index contributed by atoms with van der Waals surface area (Å²) in [4.78, 5) is 24.9. The number of hydrogen-bond donors (Lipinski definition) is 1. The molecule has 3 rings (SSSR count). The van der Waals surface area contributed by atoms with Crippen molar-refractivity contribution in [2.75, 3.05) is 6.54 Å². The van der Waals surface area contributed by atoms with Crippen molar-refractivity contribution in [3.63, 3.8) is 0 Å². The number of amides is 3. The van der Waals surface area contributed by atoms with Crippen LogP contribution in [0.25, 0.3) is 6.08 Å². The number of carbonyl (C=O) groups is 2. The number of ether oxygens (including phenoxy) is 1. The van der Waals surface area contributed by atoms with Gasteiger partial charge in [0.05, 0.1) is 0 Å². The second kappa shape index (κ2) is 7.69. The molecule has 0 spiro atoms. The van der Waals surface area contributed by atoms with Gasteiger partial charge in [-0.25, -0.2) is 4.79 Å². The Morgan fingerprint density at radius 2 is 1.76 bits per heavy atom. The van der Waals surface area contributed by atoms with Gasteiger partial charge < -0.3 is 10.1 Å². The molecule has 1 aliphatic rings. The Bertz CT molecular complexity index is 814. The Morgan fingerprint density at radius 1 is 1.08 bits per heavy atom. The van der Waals surface area contributed by atoms with Crippen LogP contribution in [0, 0.1) is 3.57 Å². The van der Waals surface area contributed by atoms with Gasteiger partial charge in [0, 0.05) is 10.1 Å². The molecule has 6 heteroatoms. The van der Waals surface area contributed by atoms with Crippen LogP contribution in [-0.2, 0) is 11.4 Å². The summed E-state index contributed by atoms with van der Waals surface area (Å²) in [5, 5.41) is 2.59. The third kappa shape index (κ3) is 4.19. The van der Waals surface area contributed by atoms with E-state index < -0.39 is 0 Å². The summed E-state index contributed by atoms with van der Waals surface area (Å²) in [6.07, 6.45) is 1.67.